The van der Waals surface area contributed by atoms with Gasteiger partial charge in [-0.1, -0.05) is 141 Å². The SMILES string of the molecule is CCCCCC/C=C\C/C=C\CCCCCCCCCC(=O)OC(COCCC(C(=O)[O-])[N+](C)(C)C)COC(=O)CCCCCCCCCCC. The third-order valence-electron chi connectivity index (χ3n) is 9.34. The number of hydrogen-bond acceptors (Lipinski definition) is 7. The maximum absolute atomic E-state index is 12.7. The molecule has 0 aromatic carbocycles. The first-order chi connectivity index (χ1) is 24.6. The Morgan fingerprint density at radius 1 is 0.588 bits per heavy atom. The van der Waals surface area contributed by atoms with Crippen LogP contribution < -0.4 is 5.11 Å². The number of hydrogen-bond donors (Lipinski definition) is 0. The van der Waals surface area contributed by atoms with Crippen molar-refractivity contribution in [3.63, 3.8) is 0 Å². The summed E-state index contributed by atoms with van der Waals surface area (Å²) in [6, 6.07) is -0.723. The van der Waals surface area contributed by atoms with Gasteiger partial charge in [0.1, 0.15) is 12.6 Å². The lowest BCUT2D eigenvalue weighted by Gasteiger charge is -2.34. The quantitative estimate of drug-likeness (QED) is 0.0273. The second kappa shape index (κ2) is 34.9. The van der Waals surface area contributed by atoms with Crippen LogP contribution in [0.2, 0.25) is 0 Å². The van der Waals surface area contributed by atoms with Crippen molar-refractivity contribution in [3.05, 3.63) is 24.3 Å². The van der Waals surface area contributed by atoms with Crippen molar-refractivity contribution in [1.82, 2.24) is 0 Å². The average molecular weight is 722 g/mol. The molecule has 51 heavy (non-hydrogen) atoms. The van der Waals surface area contributed by atoms with Crippen LogP contribution in [0.3, 0.4) is 0 Å². The topological polar surface area (TPSA) is 102 Å². The normalized spacial score (nSPS) is 13.2. The smallest absolute Gasteiger partial charge is 0.306 e. The zero-order valence-corrected chi connectivity index (χ0v) is 33.8. The zero-order chi connectivity index (χ0) is 37.8. The molecule has 0 aliphatic heterocycles. The summed E-state index contributed by atoms with van der Waals surface area (Å²) in [5.74, 6) is -1.74. The fourth-order valence-corrected chi connectivity index (χ4v) is 6.04. The molecule has 0 spiro atoms. The second-order valence-corrected chi connectivity index (χ2v) is 15.2. The Morgan fingerprint density at radius 3 is 1.53 bits per heavy atom. The highest BCUT2D eigenvalue weighted by molar-refractivity contribution is 5.70. The monoisotopic (exact) mass is 722 g/mol. The first-order valence-corrected chi connectivity index (χ1v) is 20.9. The maximum atomic E-state index is 12.7. The summed E-state index contributed by atoms with van der Waals surface area (Å²) in [6.07, 6.45) is 36.3. The van der Waals surface area contributed by atoms with Gasteiger partial charge in [0.05, 0.1) is 40.3 Å². The van der Waals surface area contributed by atoms with Crippen LogP contribution in [0.5, 0.6) is 0 Å². The first-order valence-electron chi connectivity index (χ1n) is 20.9. The van der Waals surface area contributed by atoms with Gasteiger partial charge in [-0.25, -0.2) is 0 Å². The van der Waals surface area contributed by atoms with Crippen molar-refractivity contribution in [2.75, 3.05) is 41.0 Å². The minimum absolute atomic E-state index is 0.0407. The number of unbranched alkanes of at least 4 members (excludes halogenated alkanes) is 19. The van der Waals surface area contributed by atoms with Gasteiger partial charge in [-0.15, -0.1) is 0 Å². The van der Waals surface area contributed by atoms with E-state index in [-0.39, 0.29) is 42.7 Å². The number of carbonyl (C=O) groups excluding carboxylic acids is 3. The highest BCUT2D eigenvalue weighted by Crippen LogP contribution is 2.14. The van der Waals surface area contributed by atoms with Gasteiger partial charge in [0.25, 0.3) is 0 Å². The van der Waals surface area contributed by atoms with E-state index >= 15 is 0 Å². The Morgan fingerprint density at radius 2 is 1.04 bits per heavy atom. The Labute approximate surface area is 313 Å². The van der Waals surface area contributed by atoms with Gasteiger partial charge >= 0.3 is 11.9 Å². The van der Waals surface area contributed by atoms with Gasteiger partial charge in [0.15, 0.2) is 6.10 Å². The number of carboxylic acid groups (broad SMARTS) is 1. The number of rotatable bonds is 37. The van der Waals surface area contributed by atoms with Gasteiger partial charge in [-0.3, -0.25) is 9.59 Å². The molecular weight excluding hydrogens is 642 g/mol. The van der Waals surface area contributed by atoms with Crippen LogP contribution in [0.4, 0.5) is 0 Å². The summed E-state index contributed by atoms with van der Waals surface area (Å²) < 4.78 is 17.1. The highest BCUT2D eigenvalue weighted by atomic mass is 16.6. The van der Waals surface area contributed by atoms with Gasteiger partial charge in [0, 0.05) is 19.3 Å². The lowest BCUT2D eigenvalue weighted by atomic mass is 10.1. The number of allylic oxidation sites excluding steroid dienone is 4. The molecule has 0 rings (SSSR count). The van der Waals surface area contributed by atoms with Crippen LogP contribution in [0.25, 0.3) is 0 Å². The third-order valence-corrected chi connectivity index (χ3v) is 9.34. The summed E-state index contributed by atoms with van der Waals surface area (Å²) in [5.41, 5.74) is 0. The van der Waals surface area contributed by atoms with Crippen molar-refractivity contribution in [2.45, 2.75) is 193 Å². The molecule has 2 atom stereocenters. The van der Waals surface area contributed by atoms with E-state index in [1.165, 1.54) is 96.3 Å². The molecule has 0 N–H and O–H groups in total. The van der Waals surface area contributed by atoms with E-state index in [0.717, 1.165) is 51.4 Å². The van der Waals surface area contributed by atoms with Crippen molar-refractivity contribution < 1.29 is 38.2 Å². The van der Waals surface area contributed by atoms with Crippen molar-refractivity contribution in [3.8, 4) is 0 Å². The van der Waals surface area contributed by atoms with Gasteiger partial charge in [-0.2, -0.15) is 0 Å². The number of likely N-dealkylation sites (N-methyl/N-ethyl adjacent to an activating group) is 1. The number of nitrogens with zero attached hydrogens (tertiary/aromatic N) is 1. The number of carbonyl (C=O) groups is 3. The Kier molecular flexibility index (Phi) is 33.4. The number of carboxylic acids is 1. The molecule has 0 saturated carbocycles. The van der Waals surface area contributed by atoms with Crippen LogP contribution >= 0.6 is 0 Å². The molecule has 0 aliphatic rings. The molecule has 0 heterocycles. The Hall–Kier alpha value is -2.19. The Balaban J connectivity index is 4.33. The third kappa shape index (κ3) is 33.4. The van der Waals surface area contributed by atoms with Crippen molar-refractivity contribution in [1.29, 1.82) is 0 Å². The Bertz CT molecular complexity index is 895. The molecule has 8 heteroatoms. The van der Waals surface area contributed by atoms with E-state index < -0.39 is 18.1 Å². The molecule has 0 aliphatic carbocycles. The average Bonchev–Trinajstić information content (AvgIpc) is 3.08. The summed E-state index contributed by atoms with van der Waals surface area (Å²) in [6.45, 7) is 4.62. The molecule has 0 aromatic rings. The fraction of sp³-hybridized carbons (Fsp3) is 0.837. The molecule has 2 unspecified atom stereocenters. The van der Waals surface area contributed by atoms with Gasteiger partial charge in [-0.05, 0) is 44.9 Å². The molecular formula is C43H79NO7. The standard InChI is InChI=1S/C43H79NO7/c1-6-8-10-12-14-16-17-18-19-20-21-22-23-24-26-28-30-32-34-42(46)51-39(37-49-36-35-40(43(47)48)44(3,4)5)38-50-41(45)33-31-29-27-25-15-13-11-9-7-2/h16-17,19-20,39-40H,6-15,18,21-38H2,1-5H3/b17-16-,20-19-. The van der Waals surface area contributed by atoms with E-state index in [2.05, 4.69) is 38.2 Å². The minimum atomic E-state index is -1.13. The highest BCUT2D eigenvalue weighted by Gasteiger charge is 2.25. The molecule has 0 radical (unpaired) electrons. The van der Waals surface area contributed by atoms with Crippen LogP contribution in [0.1, 0.15) is 181 Å². The first kappa shape index (κ1) is 48.8. The molecule has 0 aromatic heterocycles. The summed E-state index contributed by atoms with van der Waals surface area (Å²) in [5, 5.41) is 11.6. The molecule has 0 fully saturated rings. The van der Waals surface area contributed by atoms with E-state index in [4.69, 9.17) is 14.2 Å². The van der Waals surface area contributed by atoms with Crippen LogP contribution in [0.15, 0.2) is 24.3 Å². The van der Waals surface area contributed by atoms with Crippen LogP contribution in [-0.2, 0) is 28.6 Å². The number of esters is 2. The maximum Gasteiger partial charge on any atom is 0.306 e. The second-order valence-electron chi connectivity index (χ2n) is 15.2. The number of aliphatic carboxylic acids is 1. The lowest BCUT2D eigenvalue weighted by molar-refractivity contribution is -0.889. The van der Waals surface area contributed by atoms with E-state index in [9.17, 15) is 19.5 Å². The van der Waals surface area contributed by atoms with Gasteiger partial charge < -0.3 is 28.6 Å². The molecule has 298 valence electrons. The van der Waals surface area contributed by atoms with E-state index in [0.29, 0.717) is 12.8 Å². The zero-order valence-electron chi connectivity index (χ0n) is 33.8. The van der Waals surface area contributed by atoms with Gasteiger partial charge in [0.2, 0.25) is 0 Å². The lowest BCUT2D eigenvalue weighted by Crippen LogP contribution is -2.55. The predicted octanol–water partition coefficient (Wildman–Crippen LogP) is 9.58. The van der Waals surface area contributed by atoms with E-state index in [1.54, 1.807) is 21.1 Å². The summed E-state index contributed by atoms with van der Waals surface area (Å²) in [7, 11) is 5.40. The molecule has 0 amide bonds. The minimum Gasteiger partial charge on any atom is -0.544 e. The molecule has 8 nitrogen and oxygen atoms in total. The van der Waals surface area contributed by atoms with Crippen molar-refractivity contribution >= 4 is 17.9 Å². The number of quaternary nitrogens is 1. The fourth-order valence-electron chi connectivity index (χ4n) is 6.04. The van der Waals surface area contributed by atoms with Crippen molar-refractivity contribution in [2.24, 2.45) is 0 Å². The summed E-state index contributed by atoms with van der Waals surface area (Å²) >= 11 is 0. The van der Waals surface area contributed by atoms with E-state index in [1.807, 2.05) is 0 Å². The van der Waals surface area contributed by atoms with Crippen LogP contribution in [-0.4, -0.2) is 75.5 Å². The number of ether oxygens (including phenoxy) is 3. The predicted molar refractivity (Wildman–Crippen MR) is 208 cm³/mol. The molecule has 0 saturated heterocycles. The van der Waals surface area contributed by atoms with Crippen LogP contribution in [0, 0.1) is 0 Å². The molecule has 0 bridgehead atoms. The largest absolute Gasteiger partial charge is 0.544 e. The summed E-state index contributed by atoms with van der Waals surface area (Å²) in [4.78, 5) is 36.7.